The molecule has 0 aliphatic heterocycles. The van der Waals surface area contributed by atoms with E-state index in [9.17, 15) is 4.39 Å². The highest BCUT2D eigenvalue weighted by Gasteiger charge is 2.18. The Morgan fingerprint density at radius 2 is 2.11 bits per heavy atom. The standard InChI is InChI=1S/C13H13BrFN3/c1-8-17-7-6-11(18-8)13(16-2)9-4-3-5-10(14)12(9)15/h3-7,13,16H,1-2H3. The molecule has 94 valence electrons. The van der Waals surface area contributed by atoms with Gasteiger partial charge < -0.3 is 5.32 Å². The van der Waals surface area contributed by atoms with Crippen LogP contribution < -0.4 is 5.32 Å². The summed E-state index contributed by atoms with van der Waals surface area (Å²) in [6.45, 7) is 1.81. The number of hydrogen-bond acceptors (Lipinski definition) is 3. The number of nitrogens with zero attached hydrogens (tertiary/aromatic N) is 2. The number of aromatic nitrogens is 2. The quantitative estimate of drug-likeness (QED) is 0.947. The molecule has 1 atom stereocenters. The number of hydrogen-bond donors (Lipinski definition) is 1. The van der Waals surface area contributed by atoms with Crippen LogP contribution >= 0.6 is 15.9 Å². The summed E-state index contributed by atoms with van der Waals surface area (Å²) in [5.74, 6) is 0.399. The molecule has 1 aromatic carbocycles. The molecule has 2 aromatic rings. The van der Waals surface area contributed by atoms with Crippen molar-refractivity contribution in [3.63, 3.8) is 0 Å². The lowest BCUT2D eigenvalue weighted by molar-refractivity contribution is 0.564. The van der Waals surface area contributed by atoms with E-state index in [1.807, 2.05) is 6.92 Å². The summed E-state index contributed by atoms with van der Waals surface area (Å²) in [6.07, 6.45) is 1.68. The van der Waals surface area contributed by atoms with Crippen LogP contribution in [0.4, 0.5) is 4.39 Å². The molecule has 0 aliphatic rings. The molecule has 18 heavy (non-hydrogen) atoms. The Morgan fingerprint density at radius 1 is 1.33 bits per heavy atom. The third-order valence-corrected chi connectivity index (χ3v) is 3.29. The van der Waals surface area contributed by atoms with E-state index in [0.717, 1.165) is 5.69 Å². The van der Waals surface area contributed by atoms with Crippen molar-refractivity contribution < 1.29 is 4.39 Å². The van der Waals surface area contributed by atoms with Crippen molar-refractivity contribution in [3.8, 4) is 0 Å². The van der Waals surface area contributed by atoms with Gasteiger partial charge in [0.15, 0.2) is 0 Å². The summed E-state index contributed by atoms with van der Waals surface area (Å²) in [7, 11) is 1.78. The SMILES string of the molecule is CNC(c1ccnc(C)n1)c1cccc(Br)c1F. The zero-order chi connectivity index (χ0) is 13.1. The van der Waals surface area contributed by atoms with Crippen molar-refractivity contribution >= 4 is 15.9 Å². The highest BCUT2D eigenvalue weighted by atomic mass is 79.9. The second-order valence-electron chi connectivity index (χ2n) is 3.89. The molecule has 2 rings (SSSR count). The fourth-order valence-corrected chi connectivity index (χ4v) is 2.22. The first-order valence-corrected chi connectivity index (χ1v) is 6.33. The van der Waals surface area contributed by atoms with Crippen LogP contribution in [0, 0.1) is 12.7 Å². The van der Waals surface area contributed by atoms with Crippen LogP contribution in [-0.2, 0) is 0 Å². The highest BCUT2D eigenvalue weighted by Crippen LogP contribution is 2.27. The summed E-state index contributed by atoms with van der Waals surface area (Å²) in [6, 6.07) is 6.73. The maximum absolute atomic E-state index is 14.1. The lowest BCUT2D eigenvalue weighted by Gasteiger charge is -2.17. The molecular weight excluding hydrogens is 297 g/mol. The van der Waals surface area contributed by atoms with Gasteiger partial charge in [-0.3, -0.25) is 0 Å². The molecule has 1 aromatic heterocycles. The minimum absolute atomic E-state index is 0.270. The first-order chi connectivity index (χ1) is 8.63. The number of halogens is 2. The van der Waals surface area contributed by atoms with Crippen LogP contribution in [0.15, 0.2) is 34.9 Å². The summed E-state index contributed by atoms with van der Waals surface area (Å²) in [4.78, 5) is 8.38. The Balaban J connectivity index is 2.49. The zero-order valence-corrected chi connectivity index (χ0v) is 11.7. The number of aryl methyl sites for hydroxylation is 1. The van der Waals surface area contributed by atoms with Gasteiger partial charge in [-0.1, -0.05) is 12.1 Å². The Morgan fingerprint density at radius 3 is 2.78 bits per heavy atom. The van der Waals surface area contributed by atoms with Gasteiger partial charge in [0.1, 0.15) is 11.6 Å². The zero-order valence-electron chi connectivity index (χ0n) is 10.1. The van der Waals surface area contributed by atoms with Crippen LogP contribution in [0.25, 0.3) is 0 Å². The van der Waals surface area contributed by atoms with Gasteiger partial charge in [-0.15, -0.1) is 0 Å². The first-order valence-electron chi connectivity index (χ1n) is 5.54. The molecule has 0 saturated carbocycles. The average Bonchev–Trinajstić information content (AvgIpc) is 2.35. The van der Waals surface area contributed by atoms with Gasteiger partial charge in [0, 0.05) is 11.8 Å². The van der Waals surface area contributed by atoms with Gasteiger partial charge in [0.2, 0.25) is 0 Å². The van der Waals surface area contributed by atoms with E-state index in [-0.39, 0.29) is 11.9 Å². The molecule has 3 nitrogen and oxygen atoms in total. The summed E-state index contributed by atoms with van der Waals surface area (Å²) >= 11 is 3.20. The number of nitrogens with one attached hydrogen (secondary N) is 1. The third-order valence-electron chi connectivity index (χ3n) is 2.67. The molecular formula is C13H13BrFN3. The van der Waals surface area contributed by atoms with E-state index in [1.54, 1.807) is 37.5 Å². The first kappa shape index (κ1) is 13.1. The monoisotopic (exact) mass is 309 g/mol. The van der Waals surface area contributed by atoms with Gasteiger partial charge in [-0.05, 0) is 42.0 Å². The largest absolute Gasteiger partial charge is 0.308 e. The molecule has 0 radical (unpaired) electrons. The van der Waals surface area contributed by atoms with Crippen LogP contribution in [0.2, 0.25) is 0 Å². The summed E-state index contributed by atoms with van der Waals surface area (Å²) in [5, 5.41) is 3.08. The molecule has 0 aliphatic carbocycles. The average molecular weight is 310 g/mol. The molecule has 0 fully saturated rings. The highest BCUT2D eigenvalue weighted by molar-refractivity contribution is 9.10. The van der Waals surface area contributed by atoms with Crippen molar-refractivity contribution in [3.05, 3.63) is 57.8 Å². The molecule has 1 unspecified atom stereocenters. The molecule has 0 amide bonds. The smallest absolute Gasteiger partial charge is 0.142 e. The maximum Gasteiger partial charge on any atom is 0.142 e. The van der Waals surface area contributed by atoms with Gasteiger partial charge in [0.25, 0.3) is 0 Å². The third kappa shape index (κ3) is 2.57. The Labute approximate surface area is 114 Å². The van der Waals surface area contributed by atoms with E-state index < -0.39 is 0 Å². The van der Waals surface area contributed by atoms with Gasteiger partial charge in [-0.25, -0.2) is 14.4 Å². The molecule has 0 bridgehead atoms. The van der Waals surface area contributed by atoms with Gasteiger partial charge in [0.05, 0.1) is 16.2 Å². The second-order valence-corrected chi connectivity index (χ2v) is 4.75. The normalized spacial score (nSPS) is 12.4. The fraction of sp³-hybridized carbons (Fsp3) is 0.231. The van der Waals surface area contributed by atoms with Crippen molar-refractivity contribution in [1.82, 2.24) is 15.3 Å². The Hall–Kier alpha value is -1.33. The van der Waals surface area contributed by atoms with E-state index in [1.165, 1.54) is 0 Å². The lowest BCUT2D eigenvalue weighted by Crippen LogP contribution is -2.20. The van der Waals surface area contributed by atoms with Crippen molar-refractivity contribution in [2.75, 3.05) is 7.05 Å². The topological polar surface area (TPSA) is 37.8 Å². The Bertz CT molecular complexity index is 560. The predicted molar refractivity (Wildman–Crippen MR) is 71.8 cm³/mol. The van der Waals surface area contributed by atoms with E-state index in [2.05, 4.69) is 31.2 Å². The predicted octanol–water partition coefficient (Wildman–Crippen LogP) is 3.00. The Kier molecular flexibility index (Phi) is 4.04. The lowest BCUT2D eigenvalue weighted by atomic mass is 10.0. The van der Waals surface area contributed by atoms with E-state index in [0.29, 0.717) is 15.9 Å². The second kappa shape index (κ2) is 5.54. The molecule has 0 spiro atoms. The molecule has 0 saturated heterocycles. The van der Waals surface area contributed by atoms with Gasteiger partial charge >= 0.3 is 0 Å². The summed E-state index contributed by atoms with van der Waals surface area (Å²) in [5.41, 5.74) is 1.31. The van der Waals surface area contributed by atoms with Crippen molar-refractivity contribution in [1.29, 1.82) is 0 Å². The fourth-order valence-electron chi connectivity index (χ4n) is 1.84. The van der Waals surface area contributed by atoms with Crippen LogP contribution in [0.3, 0.4) is 0 Å². The summed E-state index contributed by atoms with van der Waals surface area (Å²) < 4.78 is 14.5. The minimum atomic E-state index is -0.288. The minimum Gasteiger partial charge on any atom is -0.308 e. The van der Waals surface area contributed by atoms with E-state index in [4.69, 9.17) is 0 Å². The van der Waals surface area contributed by atoms with Crippen LogP contribution in [0.1, 0.15) is 23.1 Å². The number of rotatable bonds is 3. The molecule has 5 heteroatoms. The van der Waals surface area contributed by atoms with E-state index >= 15 is 0 Å². The van der Waals surface area contributed by atoms with Gasteiger partial charge in [-0.2, -0.15) is 0 Å². The van der Waals surface area contributed by atoms with Crippen molar-refractivity contribution in [2.45, 2.75) is 13.0 Å². The maximum atomic E-state index is 14.1. The van der Waals surface area contributed by atoms with Crippen molar-refractivity contribution in [2.24, 2.45) is 0 Å². The van der Waals surface area contributed by atoms with Crippen LogP contribution in [0.5, 0.6) is 0 Å². The molecule has 1 heterocycles. The van der Waals surface area contributed by atoms with Crippen LogP contribution in [-0.4, -0.2) is 17.0 Å². The molecule has 1 N–H and O–H groups in total. The number of benzene rings is 1.